The van der Waals surface area contributed by atoms with Crippen molar-refractivity contribution < 1.29 is 5.21 Å². The molecule has 0 unspecified atom stereocenters. The van der Waals surface area contributed by atoms with Crippen LogP contribution in [0.25, 0.3) is 11.0 Å². The van der Waals surface area contributed by atoms with Gasteiger partial charge in [0.05, 0.1) is 5.52 Å². The molecule has 1 heterocycles. The van der Waals surface area contributed by atoms with Crippen molar-refractivity contribution in [2.75, 3.05) is 0 Å². The van der Waals surface area contributed by atoms with Gasteiger partial charge in [0.1, 0.15) is 11.3 Å². The predicted molar refractivity (Wildman–Crippen MR) is 60.6 cm³/mol. The zero-order valence-corrected chi connectivity index (χ0v) is 9.84. The molecule has 0 saturated heterocycles. The smallest absolute Gasteiger partial charge is 0.142 e. The minimum Gasteiger partial charge on any atom is -0.427 e. The first kappa shape index (κ1) is 10.0. The molecule has 1 aromatic carbocycles. The molecule has 0 aliphatic rings. The van der Waals surface area contributed by atoms with Crippen molar-refractivity contribution >= 4 is 11.0 Å². The second-order valence-electron chi connectivity index (χ2n) is 4.17. The highest BCUT2D eigenvalue weighted by atomic mass is 16.5. The number of imidazole rings is 1. The average molecular weight is 204 g/mol. The Morgan fingerprint density at radius 3 is 2.00 bits per heavy atom. The molecule has 0 saturated carbocycles. The molecule has 3 nitrogen and oxygen atoms in total. The molecule has 80 valence electrons. The van der Waals surface area contributed by atoms with E-state index in [9.17, 15) is 5.21 Å². The van der Waals surface area contributed by atoms with Gasteiger partial charge >= 0.3 is 0 Å². The summed E-state index contributed by atoms with van der Waals surface area (Å²) in [5.41, 5.74) is 6.51. The second kappa shape index (κ2) is 2.99. The van der Waals surface area contributed by atoms with E-state index >= 15 is 0 Å². The van der Waals surface area contributed by atoms with Crippen LogP contribution in [0.3, 0.4) is 0 Å². The Labute approximate surface area is 89.3 Å². The van der Waals surface area contributed by atoms with Crippen LogP contribution in [0.2, 0.25) is 0 Å². The largest absolute Gasteiger partial charge is 0.427 e. The maximum Gasteiger partial charge on any atom is 0.142 e. The summed E-state index contributed by atoms with van der Waals surface area (Å²) in [5.74, 6) is 0.640. The molecule has 0 aliphatic heterocycles. The number of nitrogens with zero attached hydrogens (tertiary/aromatic N) is 2. The van der Waals surface area contributed by atoms with Crippen molar-refractivity contribution in [1.82, 2.24) is 9.71 Å². The van der Waals surface area contributed by atoms with Gasteiger partial charge in [-0.1, -0.05) is 0 Å². The van der Waals surface area contributed by atoms with E-state index < -0.39 is 0 Å². The van der Waals surface area contributed by atoms with Crippen LogP contribution in [0.4, 0.5) is 0 Å². The lowest BCUT2D eigenvalue weighted by Crippen LogP contribution is -1.98. The molecular formula is C12H16N2O. The number of benzene rings is 1. The Hall–Kier alpha value is -1.51. The van der Waals surface area contributed by atoms with Crippen molar-refractivity contribution in [3.63, 3.8) is 0 Å². The van der Waals surface area contributed by atoms with Gasteiger partial charge in [-0.2, -0.15) is 4.73 Å². The van der Waals surface area contributed by atoms with Gasteiger partial charge in [-0.3, -0.25) is 0 Å². The fraction of sp³-hybridized carbons (Fsp3) is 0.417. The molecule has 15 heavy (non-hydrogen) atoms. The quantitative estimate of drug-likeness (QED) is 0.670. The SMILES string of the molecule is Cc1c(C)c(C)c2c(nc(C)n2O)c1C. The van der Waals surface area contributed by atoms with E-state index in [0.717, 1.165) is 22.2 Å². The van der Waals surface area contributed by atoms with Crippen LogP contribution >= 0.6 is 0 Å². The van der Waals surface area contributed by atoms with Crippen LogP contribution in [-0.2, 0) is 0 Å². The third kappa shape index (κ3) is 1.16. The Morgan fingerprint density at radius 2 is 1.40 bits per heavy atom. The summed E-state index contributed by atoms with van der Waals surface area (Å²) in [6.45, 7) is 10.1. The van der Waals surface area contributed by atoms with Gasteiger partial charge in [-0.15, -0.1) is 0 Å². The number of aromatic nitrogens is 2. The number of rotatable bonds is 0. The maximum absolute atomic E-state index is 9.87. The van der Waals surface area contributed by atoms with Crippen LogP contribution in [0.1, 0.15) is 28.1 Å². The molecule has 0 fully saturated rings. The van der Waals surface area contributed by atoms with Gasteiger partial charge in [0, 0.05) is 0 Å². The Morgan fingerprint density at radius 1 is 0.867 bits per heavy atom. The molecular weight excluding hydrogens is 188 g/mol. The van der Waals surface area contributed by atoms with E-state index in [-0.39, 0.29) is 0 Å². The summed E-state index contributed by atoms with van der Waals surface area (Å²) in [6, 6.07) is 0. The fourth-order valence-electron chi connectivity index (χ4n) is 2.04. The highest BCUT2D eigenvalue weighted by Crippen LogP contribution is 2.28. The monoisotopic (exact) mass is 204 g/mol. The molecule has 0 amide bonds. The van der Waals surface area contributed by atoms with Crippen molar-refractivity contribution in [2.45, 2.75) is 34.6 Å². The summed E-state index contributed by atoms with van der Waals surface area (Å²) < 4.78 is 1.18. The first-order valence-corrected chi connectivity index (χ1v) is 5.09. The molecule has 0 atom stereocenters. The Kier molecular flexibility index (Phi) is 2.00. The summed E-state index contributed by atoms with van der Waals surface area (Å²) in [5, 5.41) is 9.87. The van der Waals surface area contributed by atoms with Crippen molar-refractivity contribution in [3.05, 3.63) is 28.1 Å². The van der Waals surface area contributed by atoms with Crippen molar-refractivity contribution in [2.24, 2.45) is 0 Å². The topological polar surface area (TPSA) is 38.0 Å². The first-order valence-electron chi connectivity index (χ1n) is 5.09. The maximum atomic E-state index is 9.87. The van der Waals surface area contributed by atoms with E-state index in [1.165, 1.54) is 15.9 Å². The van der Waals surface area contributed by atoms with E-state index in [4.69, 9.17) is 0 Å². The highest BCUT2D eigenvalue weighted by Gasteiger charge is 2.15. The lowest BCUT2D eigenvalue weighted by molar-refractivity contribution is 0.190. The molecule has 0 spiro atoms. The summed E-state index contributed by atoms with van der Waals surface area (Å²) in [7, 11) is 0. The predicted octanol–water partition coefficient (Wildman–Crippen LogP) is 2.82. The number of aryl methyl sites for hydroxylation is 3. The summed E-state index contributed by atoms with van der Waals surface area (Å²) in [4.78, 5) is 4.39. The first-order chi connectivity index (χ1) is 6.95. The third-order valence-electron chi connectivity index (χ3n) is 3.41. The number of hydrogen-bond donors (Lipinski definition) is 1. The molecule has 2 aromatic rings. The van der Waals surface area contributed by atoms with Gasteiger partial charge < -0.3 is 5.21 Å². The molecule has 0 radical (unpaired) electrons. The summed E-state index contributed by atoms with van der Waals surface area (Å²) in [6.07, 6.45) is 0. The zero-order chi connectivity index (χ0) is 11.3. The van der Waals surface area contributed by atoms with Crippen molar-refractivity contribution in [1.29, 1.82) is 0 Å². The van der Waals surface area contributed by atoms with Crippen LogP contribution in [0.15, 0.2) is 0 Å². The lowest BCUT2D eigenvalue weighted by Gasteiger charge is -2.10. The molecule has 1 N–H and O–H groups in total. The van der Waals surface area contributed by atoms with Crippen LogP contribution in [0, 0.1) is 34.6 Å². The zero-order valence-electron chi connectivity index (χ0n) is 9.84. The minimum atomic E-state index is 0.640. The summed E-state index contributed by atoms with van der Waals surface area (Å²) >= 11 is 0. The van der Waals surface area contributed by atoms with Gasteiger partial charge in [0.25, 0.3) is 0 Å². The third-order valence-corrected chi connectivity index (χ3v) is 3.41. The van der Waals surface area contributed by atoms with Gasteiger partial charge in [0.15, 0.2) is 0 Å². The van der Waals surface area contributed by atoms with E-state index in [1.54, 1.807) is 0 Å². The Balaban J connectivity index is 3.07. The molecule has 0 bridgehead atoms. The second-order valence-corrected chi connectivity index (χ2v) is 4.17. The highest BCUT2D eigenvalue weighted by molar-refractivity contribution is 5.85. The van der Waals surface area contributed by atoms with Crippen LogP contribution in [-0.4, -0.2) is 14.9 Å². The van der Waals surface area contributed by atoms with Gasteiger partial charge in [0.2, 0.25) is 0 Å². The van der Waals surface area contributed by atoms with Crippen molar-refractivity contribution in [3.8, 4) is 0 Å². The van der Waals surface area contributed by atoms with E-state index in [1.807, 2.05) is 13.8 Å². The normalized spacial score (nSPS) is 11.3. The minimum absolute atomic E-state index is 0.640. The number of hydrogen-bond acceptors (Lipinski definition) is 2. The fourth-order valence-corrected chi connectivity index (χ4v) is 2.04. The van der Waals surface area contributed by atoms with E-state index in [2.05, 4.69) is 25.8 Å². The Bertz CT molecular complexity index is 553. The van der Waals surface area contributed by atoms with Crippen LogP contribution < -0.4 is 0 Å². The standard InChI is InChI=1S/C12H16N2O/c1-6-7(2)9(4)12-11(8(6)3)13-10(5)14(12)15/h15H,1-5H3. The molecule has 0 aliphatic carbocycles. The molecule has 1 aromatic heterocycles. The average Bonchev–Trinajstić information content (AvgIpc) is 2.50. The molecule has 2 rings (SSSR count). The van der Waals surface area contributed by atoms with Gasteiger partial charge in [-0.25, -0.2) is 4.98 Å². The number of fused-ring (bicyclic) bond motifs is 1. The van der Waals surface area contributed by atoms with Crippen LogP contribution in [0.5, 0.6) is 0 Å². The lowest BCUT2D eigenvalue weighted by atomic mass is 9.97. The van der Waals surface area contributed by atoms with E-state index in [0.29, 0.717) is 5.82 Å². The molecule has 3 heteroatoms. The van der Waals surface area contributed by atoms with Gasteiger partial charge in [-0.05, 0) is 56.9 Å².